The first kappa shape index (κ1) is 19.9. The van der Waals surface area contributed by atoms with Crippen molar-refractivity contribution in [1.82, 2.24) is 14.8 Å². The van der Waals surface area contributed by atoms with Crippen molar-refractivity contribution < 1.29 is 14.3 Å². The first-order valence-corrected chi connectivity index (χ1v) is 9.92. The van der Waals surface area contributed by atoms with E-state index < -0.39 is 0 Å². The number of rotatable bonds is 7. The second-order valence-electron chi connectivity index (χ2n) is 6.45. The number of para-hydroxylation sites is 1. The number of methoxy groups -OCH3 is 2. The van der Waals surface area contributed by atoms with Crippen LogP contribution >= 0.6 is 11.8 Å². The molecule has 0 radical (unpaired) electrons. The van der Waals surface area contributed by atoms with Gasteiger partial charge in [-0.25, -0.2) is 0 Å². The fourth-order valence-corrected chi connectivity index (χ4v) is 3.65. The zero-order valence-corrected chi connectivity index (χ0v) is 17.2. The van der Waals surface area contributed by atoms with Crippen LogP contribution in [0.1, 0.15) is 25.3 Å². The van der Waals surface area contributed by atoms with Gasteiger partial charge in [0.1, 0.15) is 5.75 Å². The molecule has 3 aromatic rings. The molecule has 0 unspecified atom stereocenters. The van der Waals surface area contributed by atoms with Crippen LogP contribution in [0.3, 0.4) is 0 Å². The Morgan fingerprint density at radius 3 is 2.43 bits per heavy atom. The first-order chi connectivity index (χ1) is 13.5. The summed E-state index contributed by atoms with van der Waals surface area (Å²) in [6, 6.07) is 15.9. The van der Waals surface area contributed by atoms with Crippen molar-refractivity contribution in [3.63, 3.8) is 0 Å². The maximum atomic E-state index is 11.6. The molecule has 0 aliphatic rings. The van der Waals surface area contributed by atoms with Gasteiger partial charge in [0.05, 0.1) is 25.7 Å². The Labute approximate surface area is 168 Å². The molecule has 0 N–H and O–H groups in total. The number of hydrogen-bond donors (Lipinski definition) is 0. The molecule has 0 spiro atoms. The van der Waals surface area contributed by atoms with Crippen molar-refractivity contribution in [3.05, 3.63) is 54.1 Å². The summed E-state index contributed by atoms with van der Waals surface area (Å²) in [5, 5.41) is 9.42. The maximum absolute atomic E-state index is 11.6. The van der Waals surface area contributed by atoms with Crippen LogP contribution in [0.5, 0.6) is 5.75 Å². The highest BCUT2D eigenvalue weighted by Crippen LogP contribution is 2.32. The lowest BCUT2D eigenvalue weighted by molar-refractivity contribution is -0.137. The van der Waals surface area contributed by atoms with E-state index in [4.69, 9.17) is 9.47 Å². The fraction of sp³-hybridized carbons (Fsp3) is 0.286. The summed E-state index contributed by atoms with van der Waals surface area (Å²) < 4.78 is 12.0. The van der Waals surface area contributed by atoms with Gasteiger partial charge in [0.25, 0.3) is 0 Å². The largest absolute Gasteiger partial charge is 0.497 e. The van der Waals surface area contributed by atoms with E-state index in [0.29, 0.717) is 16.9 Å². The molecule has 28 heavy (non-hydrogen) atoms. The van der Waals surface area contributed by atoms with Crippen LogP contribution < -0.4 is 4.74 Å². The number of nitrogens with zero attached hydrogens (tertiary/aromatic N) is 3. The number of ether oxygens (including phenoxy) is 2. The van der Waals surface area contributed by atoms with Gasteiger partial charge in [-0.15, -0.1) is 10.2 Å². The lowest BCUT2D eigenvalue weighted by atomic mass is 10.0. The molecule has 7 heteroatoms. The number of carbonyl (C=O) groups is 1. The molecule has 0 aliphatic carbocycles. The van der Waals surface area contributed by atoms with Crippen LogP contribution in [-0.2, 0) is 9.53 Å². The molecule has 0 fully saturated rings. The summed E-state index contributed by atoms with van der Waals surface area (Å²) in [5.74, 6) is 1.67. The van der Waals surface area contributed by atoms with Crippen molar-refractivity contribution >= 4 is 17.7 Å². The zero-order valence-electron chi connectivity index (χ0n) is 16.4. The van der Waals surface area contributed by atoms with Gasteiger partial charge < -0.3 is 9.47 Å². The van der Waals surface area contributed by atoms with Crippen LogP contribution in [0, 0.1) is 0 Å². The van der Waals surface area contributed by atoms with Crippen LogP contribution in [0.25, 0.3) is 17.1 Å². The number of aromatic nitrogens is 3. The zero-order chi connectivity index (χ0) is 20.1. The third-order valence-corrected chi connectivity index (χ3v) is 5.23. The van der Waals surface area contributed by atoms with Gasteiger partial charge >= 0.3 is 5.97 Å². The summed E-state index contributed by atoms with van der Waals surface area (Å²) in [6.07, 6.45) is 0. The Morgan fingerprint density at radius 2 is 1.79 bits per heavy atom. The van der Waals surface area contributed by atoms with Crippen molar-refractivity contribution in [3.8, 4) is 22.8 Å². The number of carbonyl (C=O) groups excluding carboxylic acids is 1. The number of hydrogen-bond acceptors (Lipinski definition) is 6. The van der Waals surface area contributed by atoms with Crippen LogP contribution in [-0.4, -0.2) is 40.7 Å². The summed E-state index contributed by atoms with van der Waals surface area (Å²) in [4.78, 5) is 11.6. The third-order valence-electron chi connectivity index (χ3n) is 4.33. The van der Waals surface area contributed by atoms with E-state index in [1.807, 2.05) is 47.0 Å². The Kier molecular flexibility index (Phi) is 6.36. The van der Waals surface area contributed by atoms with E-state index in [0.717, 1.165) is 17.0 Å². The minimum atomic E-state index is -0.303. The molecule has 1 heterocycles. The van der Waals surface area contributed by atoms with Gasteiger partial charge in [0.2, 0.25) is 0 Å². The third kappa shape index (κ3) is 4.20. The van der Waals surface area contributed by atoms with E-state index in [1.54, 1.807) is 7.11 Å². The second kappa shape index (κ2) is 8.93. The van der Waals surface area contributed by atoms with Crippen LogP contribution in [0.15, 0.2) is 53.7 Å². The van der Waals surface area contributed by atoms with Gasteiger partial charge in [0, 0.05) is 5.56 Å². The van der Waals surface area contributed by atoms with Gasteiger partial charge in [-0.1, -0.05) is 43.8 Å². The predicted octanol–water partition coefficient (Wildman–Crippen LogP) is 4.33. The number of thioether (sulfide) groups is 1. The molecule has 0 saturated carbocycles. The highest BCUT2D eigenvalue weighted by atomic mass is 32.2. The smallest absolute Gasteiger partial charge is 0.316 e. The van der Waals surface area contributed by atoms with E-state index in [9.17, 15) is 4.79 Å². The highest BCUT2D eigenvalue weighted by molar-refractivity contribution is 7.99. The maximum Gasteiger partial charge on any atom is 0.316 e. The van der Waals surface area contributed by atoms with Crippen molar-refractivity contribution in [1.29, 1.82) is 0 Å². The number of benzene rings is 2. The van der Waals surface area contributed by atoms with E-state index >= 15 is 0 Å². The summed E-state index contributed by atoms with van der Waals surface area (Å²) in [7, 11) is 3.02. The molecule has 2 aromatic carbocycles. The van der Waals surface area contributed by atoms with Crippen LogP contribution in [0.2, 0.25) is 0 Å². The quantitative estimate of drug-likeness (QED) is 0.437. The first-order valence-electron chi connectivity index (χ1n) is 8.94. The summed E-state index contributed by atoms with van der Waals surface area (Å²) >= 11 is 1.31. The summed E-state index contributed by atoms with van der Waals surface area (Å²) in [6.45, 7) is 4.30. The molecule has 0 amide bonds. The Morgan fingerprint density at radius 1 is 1.07 bits per heavy atom. The molecule has 3 rings (SSSR count). The second-order valence-corrected chi connectivity index (χ2v) is 7.39. The fourth-order valence-electron chi connectivity index (χ4n) is 2.87. The summed E-state index contributed by atoms with van der Waals surface area (Å²) in [5.41, 5.74) is 3.09. The topological polar surface area (TPSA) is 66.2 Å². The molecular weight excluding hydrogens is 374 g/mol. The van der Waals surface area contributed by atoms with Crippen molar-refractivity contribution in [2.24, 2.45) is 0 Å². The lowest BCUT2D eigenvalue weighted by Crippen LogP contribution is -2.07. The Hall–Kier alpha value is -2.80. The van der Waals surface area contributed by atoms with Gasteiger partial charge in [-0.05, 0) is 41.8 Å². The van der Waals surface area contributed by atoms with E-state index in [2.05, 4.69) is 30.1 Å². The molecule has 0 bridgehead atoms. The lowest BCUT2D eigenvalue weighted by Gasteiger charge is -2.17. The molecule has 1 aromatic heterocycles. The minimum Gasteiger partial charge on any atom is -0.497 e. The molecular formula is C21H23N3O3S. The average Bonchev–Trinajstić information content (AvgIpc) is 3.15. The van der Waals surface area contributed by atoms with Crippen molar-refractivity contribution in [2.75, 3.05) is 20.0 Å². The molecule has 0 atom stereocenters. The van der Waals surface area contributed by atoms with Crippen LogP contribution in [0.4, 0.5) is 0 Å². The molecule has 0 aliphatic heterocycles. The SMILES string of the molecule is COC(=O)CSc1nnc(-c2ccc(OC)cc2)n1-c1ccccc1C(C)C. The van der Waals surface area contributed by atoms with Gasteiger partial charge in [-0.3, -0.25) is 9.36 Å². The standard InChI is InChI=1S/C21H23N3O3S/c1-14(2)17-7-5-6-8-18(17)24-20(15-9-11-16(26-3)12-10-15)22-23-21(24)28-13-19(25)27-4/h5-12,14H,13H2,1-4H3. The molecule has 146 valence electrons. The number of esters is 1. The monoisotopic (exact) mass is 397 g/mol. The molecule has 6 nitrogen and oxygen atoms in total. The Balaban J connectivity index is 2.13. The van der Waals surface area contributed by atoms with E-state index in [1.165, 1.54) is 24.4 Å². The Bertz CT molecular complexity index is 952. The van der Waals surface area contributed by atoms with E-state index in [-0.39, 0.29) is 11.7 Å². The average molecular weight is 398 g/mol. The van der Waals surface area contributed by atoms with Gasteiger partial charge in [-0.2, -0.15) is 0 Å². The van der Waals surface area contributed by atoms with Gasteiger partial charge in [0.15, 0.2) is 11.0 Å². The molecule has 0 saturated heterocycles. The highest BCUT2D eigenvalue weighted by Gasteiger charge is 2.20. The van der Waals surface area contributed by atoms with Crippen molar-refractivity contribution in [2.45, 2.75) is 24.9 Å². The predicted molar refractivity (Wildman–Crippen MR) is 110 cm³/mol. The minimum absolute atomic E-state index is 0.168. The normalized spacial score (nSPS) is 10.9.